The molecule has 0 spiro atoms. The molecule has 6 nitrogen and oxygen atoms in total. The van der Waals surface area contributed by atoms with Gasteiger partial charge < -0.3 is 18.9 Å². The average Bonchev–Trinajstić information content (AvgIpc) is 2.92. The Morgan fingerprint density at radius 2 is 1.96 bits per heavy atom. The molecule has 0 aliphatic carbocycles. The zero-order valence-corrected chi connectivity index (χ0v) is 14.8. The summed E-state index contributed by atoms with van der Waals surface area (Å²) in [7, 11) is 0. The number of halogens is 3. The molecule has 0 unspecified atom stereocenters. The van der Waals surface area contributed by atoms with Gasteiger partial charge in [0.1, 0.15) is 17.9 Å². The highest BCUT2D eigenvalue weighted by Crippen LogP contribution is 2.39. The highest BCUT2D eigenvalue weighted by Gasteiger charge is 2.56. The molecule has 27 heavy (non-hydrogen) atoms. The van der Waals surface area contributed by atoms with Gasteiger partial charge in [0.15, 0.2) is 18.0 Å². The number of hydrogen-bond donors (Lipinski definition) is 0. The number of carbonyl (C=O) groups excluding carboxylic acids is 1. The highest BCUT2D eigenvalue weighted by molar-refractivity contribution is 5.99. The Bertz CT molecular complexity index is 773. The number of alkyl halides is 3. The predicted molar refractivity (Wildman–Crippen MR) is 85.7 cm³/mol. The molecule has 9 heteroatoms. The monoisotopic (exact) mass is 385 g/mol. The van der Waals surface area contributed by atoms with E-state index in [9.17, 15) is 18.0 Å². The summed E-state index contributed by atoms with van der Waals surface area (Å²) in [6.45, 7) is 5.04. The Morgan fingerprint density at radius 1 is 1.30 bits per heavy atom. The largest absolute Gasteiger partial charge is 0.468 e. The fraction of sp³-hybridized carbons (Fsp3) is 0.556. The van der Waals surface area contributed by atoms with Gasteiger partial charge in [0, 0.05) is 6.07 Å². The second-order valence-corrected chi connectivity index (χ2v) is 6.78. The molecular formula is C18H18F3NO5. The minimum absolute atomic E-state index is 0.324. The van der Waals surface area contributed by atoms with E-state index in [-0.39, 0.29) is 5.88 Å². The van der Waals surface area contributed by atoms with Gasteiger partial charge in [-0.25, -0.2) is 4.98 Å². The van der Waals surface area contributed by atoms with Gasteiger partial charge in [0.25, 0.3) is 0 Å². The van der Waals surface area contributed by atoms with Crippen LogP contribution in [0.25, 0.3) is 0 Å². The Balaban J connectivity index is 1.94. The van der Waals surface area contributed by atoms with Crippen LogP contribution < -0.4 is 4.74 Å². The van der Waals surface area contributed by atoms with Crippen LogP contribution in [0.5, 0.6) is 5.88 Å². The first-order chi connectivity index (χ1) is 12.5. The molecule has 2 fully saturated rings. The van der Waals surface area contributed by atoms with E-state index in [2.05, 4.69) is 4.98 Å². The first kappa shape index (κ1) is 19.6. The number of fused-ring (bicyclic) bond motifs is 1. The number of ether oxygens (including phenoxy) is 4. The van der Waals surface area contributed by atoms with Crippen molar-refractivity contribution in [2.75, 3.05) is 0 Å². The second-order valence-electron chi connectivity index (χ2n) is 6.78. The molecular weight excluding hydrogens is 367 g/mol. The maximum Gasteiger partial charge on any atom is 0.433 e. The summed E-state index contributed by atoms with van der Waals surface area (Å²) in [4.78, 5) is 15.6. The smallest absolute Gasteiger partial charge is 0.433 e. The van der Waals surface area contributed by atoms with Crippen LogP contribution in [-0.2, 0) is 25.2 Å². The predicted octanol–water partition coefficient (Wildman–Crippen LogP) is 2.36. The van der Waals surface area contributed by atoms with Crippen molar-refractivity contribution in [1.82, 2.24) is 4.98 Å². The van der Waals surface area contributed by atoms with Crippen molar-refractivity contribution >= 4 is 5.78 Å². The number of terminal acetylenes is 1. The summed E-state index contributed by atoms with van der Waals surface area (Å²) >= 11 is 0. The molecule has 0 amide bonds. The Labute approximate surface area is 153 Å². The van der Waals surface area contributed by atoms with Gasteiger partial charge in [-0.3, -0.25) is 4.79 Å². The zero-order valence-electron chi connectivity index (χ0n) is 14.8. The number of nitrogens with zero attached hydrogens (tertiary/aromatic N) is 1. The van der Waals surface area contributed by atoms with Crippen molar-refractivity contribution in [3.8, 4) is 18.2 Å². The lowest BCUT2D eigenvalue weighted by Gasteiger charge is -2.39. The summed E-state index contributed by atoms with van der Waals surface area (Å²) in [5, 5.41) is 0. The van der Waals surface area contributed by atoms with Crippen molar-refractivity contribution in [3.05, 3.63) is 23.9 Å². The van der Waals surface area contributed by atoms with Gasteiger partial charge in [-0.1, -0.05) is 6.07 Å². The Kier molecular flexibility index (Phi) is 4.93. The van der Waals surface area contributed by atoms with E-state index in [4.69, 9.17) is 25.4 Å². The van der Waals surface area contributed by atoms with Crippen LogP contribution in [0.4, 0.5) is 13.2 Å². The van der Waals surface area contributed by atoms with Crippen LogP contribution in [0, 0.1) is 12.3 Å². The number of hydrogen-bond acceptors (Lipinski definition) is 6. The molecule has 1 aromatic heterocycles. The van der Waals surface area contributed by atoms with Crippen LogP contribution in [-0.4, -0.2) is 47.1 Å². The maximum absolute atomic E-state index is 12.9. The number of pyridine rings is 1. The van der Waals surface area contributed by atoms with E-state index >= 15 is 0 Å². The topological polar surface area (TPSA) is 66.9 Å². The molecule has 1 aromatic rings. The van der Waals surface area contributed by atoms with Gasteiger partial charge in [-0.15, -0.1) is 6.42 Å². The third-order valence-electron chi connectivity index (χ3n) is 4.28. The fourth-order valence-corrected chi connectivity index (χ4v) is 3.19. The molecule has 3 rings (SSSR count). The van der Waals surface area contributed by atoms with Crippen LogP contribution in [0.3, 0.4) is 0 Å². The average molecular weight is 385 g/mol. The summed E-state index contributed by atoms with van der Waals surface area (Å²) in [6.07, 6.45) is -3.67. The highest BCUT2D eigenvalue weighted by atomic mass is 19.4. The first-order valence-electron chi connectivity index (χ1n) is 8.24. The van der Waals surface area contributed by atoms with E-state index < -0.39 is 54.0 Å². The third kappa shape index (κ3) is 3.93. The van der Waals surface area contributed by atoms with Crippen LogP contribution in [0.15, 0.2) is 18.2 Å². The number of carbonyl (C=O) groups is 1. The molecule has 146 valence electrons. The molecule has 5 atom stereocenters. The van der Waals surface area contributed by atoms with Gasteiger partial charge in [-0.2, -0.15) is 13.2 Å². The van der Waals surface area contributed by atoms with Gasteiger partial charge in [0.05, 0.1) is 6.10 Å². The normalized spacial score (nSPS) is 32.4. The van der Waals surface area contributed by atoms with Crippen molar-refractivity contribution in [3.63, 3.8) is 0 Å². The molecule has 0 bridgehead atoms. The molecule has 0 aromatic carbocycles. The number of rotatable bonds is 3. The minimum Gasteiger partial charge on any atom is -0.468 e. The van der Waals surface area contributed by atoms with Gasteiger partial charge in [0.2, 0.25) is 11.7 Å². The van der Waals surface area contributed by atoms with E-state index in [0.717, 1.165) is 12.1 Å². The SMILES string of the molecule is C#CC(=O)[C@H]1O[C@H](C)[C@@H]2OC(C)(C)O[C@@H]2[C@H]1Oc1cccc(C(F)(F)F)n1. The summed E-state index contributed by atoms with van der Waals surface area (Å²) in [5.74, 6) is -0.0431. The standard InChI is InChI=1S/C18H18F3NO5/c1-5-10(23)14-15(16-13(9(2)24-14)26-17(3,4)27-16)25-12-8-6-7-11(22-12)18(19,20)21/h1,6-9,13-16H,2-4H3/t9-,13+,14-,15+,16+/m1/s1. The number of ketones is 1. The van der Waals surface area contributed by atoms with Crippen molar-refractivity contribution < 1.29 is 36.9 Å². The lowest BCUT2D eigenvalue weighted by Crippen LogP contribution is -2.59. The quantitative estimate of drug-likeness (QED) is 0.588. The molecule has 0 N–H and O–H groups in total. The summed E-state index contributed by atoms with van der Waals surface area (Å²) in [6, 6.07) is 3.22. The van der Waals surface area contributed by atoms with Crippen molar-refractivity contribution in [2.24, 2.45) is 0 Å². The third-order valence-corrected chi connectivity index (χ3v) is 4.28. The number of aromatic nitrogens is 1. The maximum atomic E-state index is 12.9. The van der Waals surface area contributed by atoms with Gasteiger partial charge >= 0.3 is 6.18 Å². The van der Waals surface area contributed by atoms with E-state index in [0.29, 0.717) is 0 Å². The molecule has 2 saturated heterocycles. The Hall–Kier alpha value is -2.15. The molecule has 0 saturated carbocycles. The lowest BCUT2D eigenvalue weighted by molar-refractivity contribution is -0.179. The molecule has 0 radical (unpaired) electrons. The Morgan fingerprint density at radius 3 is 2.59 bits per heavy atom. The minimum atomic E-state index is -4.64. The van der Waals surface area contributed by atoms with Crippen molar-refractivity contribution in [2.45, 2.75) is 63.3 Å². The zero-order chi connectivity index (χ0) is 20.0. The van der Waals surface area contributed by atoms with Gasteiger partial charge in [-0.05, 0) is 32.8 Å². The first-order valence-corrected chi connectivity index (χ1v) is 8.24. The number of Topliss-reactive ketones (excluding diaryl/α,β-unsaturated/α-hetero) is 1. The van der Waals surface area contributed by atoms with Crippen LogP contribution >= 0.6 is 0 Å². The fourth-order valence-electron chi connectivity index (χ4n) is 3.19. The molecule has 2 aliphatic heterocycles. The van der Waals surface area contributed by atoms with Crippen LogP contribution in [0.1, 0.15) is 26.5 Å². The van der Waals surface area contributed by atoms with E-state index in [1.54, 1.807) is 20.8 Å². The van der Waals surface area contributed by atoms with Crippen LogP contribution in [0.2, 0.25) is 0 Å². The summed E-state index contributed by atoms with van der Waals surface area (Å²) < 4.78 is 61.6. The summed E-state index contributed by atoms with van der Waals surface area (Å²) in [5.41, 5.74) is -1.12. The van der Waals surface area contributed by atoms with E-state index in [1.165, 1.54) is 6.07 Å². The van der Waals surface area contributed by atoms with Crippen molar-refractivity contribution in [1.29, 1.82) is 0 Å². The molecule has 3 heterocycles. The molecule has 2 aliphatic rings. The van der Waals surface area contributed by atoms with E-state index in [1.807, 2.05) is 5.92 Å². The second kappa shape index (κ2) is 6.78. The lowest BCUT2D eigenvalue weighted by atomic mass is 9.93.